The van der Waals surface area contributed by atoms with Crippen LogP contribution in [0.1, 0.15) is 35.1 Å². The molecule has 0 saturated carbocycles. The van der Waals surface area contributed by atoms with Crippen molar-refractivity contribution in [3.8, 4) is 0 Å². The number of carbonyl (C=O) groups is 2. The molecular weight excluding hydrogens is 442 g/mol. The van der Waals surface area contributed by atoms with Gasteiger partial charge in [0.25, 0.3) is 0 Å². The number of hydrazone groups is 2. The Kier molecular flexibility index (Phi) is 8.10. The monoisotopic (exact) mass is 458 g/mol. The van der Waals surface area contributed by atoms with Crippen molar-refractivity contribution in [1.29, 1.82) is 0 Å². The second-order valence-electron chi connectivity index (χ2n) is 6.26. The molecule has 0 heterocycles. The average molecular weight is 458 g/mol. The molecule has 0 saturated heterocycles. The van der Waals surface area contributed by atoms with Gasteiger partial charge in [0.05, 0.1) is 23.6 Å². The molecule has 0 radical (unpaired) electrons. The van der Waals surface area contributed by atoms with Gasteiger partial charge in [-0.1, -0.05) is 36.4 Å². The zero-order chi connectivity index (χ0) is 23.8. The van der Waals surface area contributed by atoms with Crippen molar-refractivity contribution in [2.24, 2.45) is 10.2 Å². The number of hydrogen-bond donors (Lipinski definition) is 2. The van der Waals surface area contributed by atoms with Crippen LogP contribution in [0.2, 0.25) is 0 Å². The summed E-state index contributed by atoms with van der Waals surface area (Å²) in [5.74, 6) is -1.51. The molecule has 0 unspecified atom stereocenters. The SMILES string of the molecule is O=C(CCC(=O)N/N=C\c1ccccc1C(F)(F)F)N/N=C\c1ccccc1C(F)(F)F. The fourth-order valence-corrected chi connectivity index (χ4v) is 2.42. The molecule has 0 atom stereocenters. The maximum atomic E-state index is 12.9. The van der Waals surface area contributed by atoms with Gasteiger partial charge in [-0.15, -0.1) is 0 Å². The minimum Gasteiger partial charge on any atom is -0.273 e. The summed E-state index contributed by atoms with van der Waals surface area (Å²) in [4.78, 5) is 23.4. The smallest absolute Gasteiger partial charge is 0.273 e. The predicted octanol–water partition coefficient (Wildman–Crippen LogP) is 4.10. The minimum atomic E-state index is -4.59. The van der Waals surface area contributed by atoms with Crippen LogP contribution in [0.15, 0.2) is 58.7 Å². The number of nitrogens with zero attached hydrogens (tertiary/aromatic N) is 2. The Morgan fingerprint density at radius 3 is 1.38 bits per heavy atom. The molecule has 2 amide bonds. The van der Waals surface area contributed by atoms with Crippen LogP contribution in [0.3, 0.4) is 0 Å². The summed E-state index contributed by atoms with van der Waals surface area (Å²) in [7, 11) is 0. The molecule has 32 heavy (non-hydrogen) atoms. The number of alkyl halides is 6. The van der Waals surface area contributed by atoms with E-state index < -0.39 is 35.3 Å². The molecule has 2 rings (SSSR count). The Bertz CT molecular complexity index is 934. The summed E-state index contributed by atoms with van der Waals surface area (Å²) in [6.07, 6.45) is -8.29. The largest absolute Gasteiger partial charge is 0.417 e. The molecule has 2 N–H and O–H groups in total. The first kappa shape index (κ1) is 24.6. The summed E-state index contributed by atoms with van der Waals surface area (Å²) in [6, 6.07) is 9.22. The van der Waals surface area contributed by atoms with E-state index in [9.17, 15) is 35.9 Å². The number of benzene rings is 2. The molecule has 0 aliphatic heterocycles. The molecule has 2 aromatic rings. The number of carbonyl (C=O) groups excluding carboxylic acids is 2. The number of hydrogen-bond acceptors (Lipinski definition) is 4. The highest BCUT2D eigenvalue weighted by molar-refractivity contribution is 5.87. The molecule has 170 valence electrons. The third-order valence-electron chi connectivity index (χ3n) is 3.90. The molecular formula is C20H16F6N4O2. The van der Waals surface area contributed by atoms with E-state index in [1.54, 1.807) is 0 Å². The van der Waals surface area contributed by atoms with Crippen molar-refractivity contribution in [2.75, 3.05) is 0 Å². The average Bonchev–Trinajstić information content (AvgIpc) is 2.71. The molecule has 0 fully saturated rings. The third-order valence-corrected chi connectivity index (χ3v) is 3.90. The fraction of sp³-hybridized carbons (Fsp3) is 0.200. The van der Waals surface area contributed by atoms with E-state index in [0.717, 1.165) is 24.6 Å². The van der Waals surface area contributed by atoms with Gasteiger partial charge in [0.15, 0.2) is 0 Å². The summed E-state index contributed by atoms with van der Waals surface area (Å²) < 4.78 is 77.2. The van der Waals surface area contributed by atoms with Crippen molar-refractivity contribution < 1.29 is 35.9 Å². The quantitative estimate of drug-likeness (QED) is 0.372. The minimum absolute atomic E-state index is 0.258. The molecule has 2 aromatic carbocycles. The lowest BCUT2D eigenvalue weighted by Gasteiger charge is -2.09. The van der Waals surface area contributed by atoms with E-state index in [1.165, 1.54) is 36.4 Å². The van der Waals surface area contributed by atoms with Gasteiger partial charge in [-0.25, -0.2) is 10.9 Å². The number of halogens is 6. The van der Waals surface area contributed by atoms with Crippen molar-refractivity contribution in [1.82, 2.24) is 10.9 Å². The first-order valence-corrected chi connectivity index (χ1v) is 8.94. The van der Waals surface area contributed by atoms with Crippen LogP contribution in [0.5, 0.6) is 0 Å². The Balaban J connectivity index is 1.83. The van der Waals surface area contributed by atoms with Gasteiger partial charge in [-0.3, -0.25) is 9.59 Å². The van der Waals surface area contributed by atoms with Crippen LogP contribution in [0.4, 0.5) is 26.3 Å². The van der Waals surface area contributed by atoms with Gasteiger partial charge in [0.2, 0.25) is 11.8 Å². The highest BCUT2D eigenvalue weighted by Crippen LogP contribution is 2.31. The summed E-state index contributed by atoms with van der Waals surface area (Å²) >= 11 is 0. The van der Waals surface area contributed by atoms with Crippen LogP contribution in [0, 0.1) is 0 Å². The van der Waals surface area contributed by atoms with E-state index in [2.05, 4.69) is 10.2 Å². The molecule has 0 bridgehead atoms. The summed E-state index contributed by atoms with van der Waals surface area (Å²) in [5, 5.41) is 6.87. The first-order valence-electron chi connectivity index (χ1n) is 8.94. The van der Waals surface area contributed by atoms with Crippen molar-refractivity contribution >= 4 is 24.2 Å². The van der Waals surface area contributed by atoms with Gasteiger partial charge in [0.1, 0.15) is 0 Å². The Hall–Kier alpha value is -3.70. The second-order valence-corrected chi connectivity index (χ2v) is 6.26. The van der Waals surface area contributed by atoms with Crippen LogP contribution in [-0.4, -0.2) is 24.2 Å². The second kappa shape index (κ2) is 10.6. The number of amides is 2. The summed E-state index contributed by atoms with van der Waals surface area (Å²) in [6.45, 7) is 0. The number of rotatable bonds is 7. The molecule has 0 spiro atoms. The Morgan fingerprint density at radius 2 is 1.03 bits per heavy atom. The summed E-state index contributed by atoms with van der Waals surface area (Å²) in [5.41, 5.74) is 1.61. The van der Waals surface area contributed by atoms with Crippen molar-refractivity contribution in [3.63, 3.8) is 0 Å². The predicted molar refractivity (Wildman–Crippen MR) is 104 cm³/mol. The highest BCUT2D eigenvalue weighted by Gasteiger charge is 2.33. The molecule has 6 nitrogen and oxygen atoms in total. The van der Waals surface area contributed by atoms with Crippen LogP contribution in [0.25, 0.3) is 0 Å². The molecule has 0 aromatic heterocycles. The fourth-order valence-electron chi connectivity index (χ4n) is 2.42. The highest BCUT2D eigenvalue weighted by atomic mass is 19.4. The van der Waals surface area contributed by atoms with Gasteiger partial charge in [0, 0.05) is 24.0 Å². The Morgan fingerprint density at radius 1 is 0.688 bits per heavy atom. The molecule has 12 heteroatoms. The van der Waals surface area contributed by atoms with E-state index in [1.807, 2.05) is 10.9 Å². The molecule has 0 aliphatic rings. The first-order chi connectivity index (χ1) is 15.0. The van der Waals surface area contributed by atoms with Crippen molar-refractivity contribution in [3.05, 3.63) is 70.8 Å². The Labute approximate surface area is 178 Å². The lowest BCUT2D eigenvalue weighted by atomic mass is 10.1. The van der Waals surface area contributed by atoms with Gasteiger partial charge in [-0.05, 0) is 12.1 Å². The normalized spacial score (nSPS) is 12.3. The number of nitrogens with one attached hydrogen (secondary N) is 2. The van der Waals surface area contributed by atoms with E-state index >= 15 is 0 Å². The zero-order valence-electron chi connectivity index (χ0n) is 16.2. The topological polar surface area (TPSA) is 82.9 Å². The van der Waals surface area contributed by atoms with Crippen LogP contribution < -0.4 is 10.9 Å². The standard InChI is InChI=1S/C20H16F6N4O2/c21-19(22,23)15-7-3-1-5-13(15)11-27-29-17(31)9-10-18(32)30-28-12-14-6-2-4-8-16(14)20(24,25)26/h1-8,11-12H,9-10H2,(H,29,31)(H,30,32)/b27-11-,28-12-. The van der Waals surface area contributed by atoms with Crippen LogP contribution >= 0.6 is 0 Å². The lowest BCUT2D eigenvalue weighted by molar-refractivity contribution is -0.138. The lowest BCUT2D eigenvalue weighted by Crippen LogP contribution is -2.23. The maximum absolute atomic E-state index is 12.9. The maximum Gasteiger partial charge on any atom is 0.417 e. The van der Waals surface area contributed by atoms with E-state index in [4.69, 9.17) is 0 Å². The zero-order valence-corrected chi connectivity index (χ0v) is 16.2. The van der Waals surface area contributed by atoms with Crippen molar-refractivity contribution in [2.45, 2.75) is 25.2 Å². The van der Waals surface area contributed by atoms with Crippen LogP contribution in [-0.2, 0) is 21.9 Å². The van der Waals surface area contributed by atoms with Gasteiger partial charge < -0.3 is 0 Å². The van der Waals surface area contributed by atoms with E-state index in [0.29, 0.717) is 0 Å². The van der Waals surface area contributed by atoms with Gasteiger partial charge in [-0.2, -0.15) is 36.5 Å². The molecule has 0 aliphatic carbocycles. The third kappa shape index (κ3) is 7.52. The van der Waals surface area contributed by atoms with Gasteiger partial charge >= 0.3 is 12.4 Å². The van der Waals surface area contributed by atoms with E-state index in [-0.39, 0.29) is 24.0 Å².